The number of hydrogen-bond acceptors (Lipinski definition) is 7. The van der Waals surface area contributed by atoms with Crippen molar-refractivity contribution in [2.45, 2.75) is 6.61 Å². The Morgan fingerprint density at radius 1 is 1.25 bits per heavy atom. The summed E-state index contributed by atoms with van der Waals surface area (Å²) >= 11 is 1.41. The SMILES string of the molecule is ON/C=N\c1nc2c(s1)COc1cc3c(cc1-2)OCO3. The molecule has 0 fully saturated rings. The van der Waals surface area contributed by atoms with Gasteiger partial charge in [0.25, 0.3) is 0 Å². The molecule has 7 nitrogen and oxygen atoms in total. The number of ether oxygens (including phenoxy) is 3. The summed E-state index contributed by atoms with van der Waals surface area (Å²) in [5, 5.41) is 9.06. The third-order valence-corrected chi connectivity index (χ3v) is 3.94. The molecule has 2 aromatic rings. The minimum Gasteiger partial charge on any atom is -0.487 e. The number of thiazole rings is 1. The smallest absolute Gasteiger partial charge is 0.231 e. The van der Waals surface area contributed by atoms with Gasteiger partial charge in [0.15, 0.2) is 11.5 Å². The van der Waals surface area contributed by atoms with Crippen molar-refractivity contribution < 1.29 is 19.4 Å². The predicted octanol–water partition coefficient (Wildman–Crippen LogP) is 2.07. The zero-order valence-electron chi connectivity index (χ0n) is 10.1. The first-order chi connectivity index (χ1) is 9.85. The molecule has 0 unspecified atom stereocenters. The Labute approximate surface area is 117 Å². The predicted molar refractivity (Wildman–Crippen MR) is 71.1 cm³/mol. The second kappa shape index (κ2) is 4.36. The van der Waals surface area contributed by atoms with Crippen molar-refractivity contribution in [1.82, 2.24) is 10.5 Å². The van der Waals surface area contributed by atoms with Gasteiger partial charge >= 0.3 is 0 Å². The molecular formula is C12H9N3O4S. The fourth-order valence-corrected chi connectivity index (χ4v) is 2.99. The lowest BCUT2D eigenvalue weighted by molar-refractivity contribution is 0.173. The molecular weight excluding hydrogens is 282 g/mol. The fourth-order valence-electron chi connectivity index (χ4n) is 2.16. The summed E-state index contributed by atoms with van der Waals surface area (Å²) in [5.41, 5.74) is 3.56. The van der Waals surface area contributed by atoms with E-state index in [4.69, 9.17) is 19.4 Å². The molecule has 8 heteroatoms. The van der Waals surface area contributed by atoms with Crippen LogP contribution in [0.15, 0.2) is 17.1 Å². The first kappa shape index (κ1) is 11.5. The first-order valence-electron chi connectivity index (χ1n) is 5.84. The fraction of sp³-hybridized carbons (Fsp3) is 0.167. The lowest BCUT2D eigenvalue weighted by atomic mass is 10.1. The van der Waals surface area contributed by atoms with E-state index in [1.54, 1.807) is 0 Å². The lowest BCUT2D eigenvalue weighted by Crippen LogP contribution is -2.03. The van der Waals surface area contributed by atoms with Gasteiger partial charge in [0.05, 0.1) is 10.6 Å². The van der Waals surface area contributed by atoms with Crippen molar-refractivity contribution in [2.24, 2.45) is 4.99 Å². The Balaban J connectivity index is 1.82. The molecule has 0 amide bonds. The molecule has 20 heavy (non-hydrogen) atoms. The number of benzene rings is 1. The summed E-state index contributed by atoms with van der Waals surface area (Å²) in [7, 11) is 0. The second-order valence-corrected chi connectivity index (χ2v) is 5.21. The molecule has 3 heterocycles. The van der Waals surface area contributed by atoms with Gasteiger partial charge in [-0.3, -0.25) is 10.7 Å². The van der Waals surface area contributed by atoms with Crippen molar-refractivity contribution in [3.8, 4) is 28.5 Å². The molecule has 2 N–H and O–H groups in total. The van der Waals surface area contributed by atoms with Gasteiger partial charge in [-0.2, -0.15) is 0 Å². The molecule has 0 radical (unpaired) electrons. The second-order valence-electron chi connectivity index (χ2n) is 4.15. The van der Waals surface area contributed by atoms with Crippen LogP contribution in [0.2, 0.25) is 0 Å². The number of nitrogens with one attached hydrogen (secondary N) is 1. The molecule has 4 rings (SSSR count). The summed E-state index contributed by atoms with van der Waals surface area (Å²) in [4.78, 5) is 9.42. The van der Waals surface area contributed by atoms with Crippen molar-refractivity contribution in [3.63, 3.8) is 0 Å². The lowest BCUT2D eigenvalue weighted by Gasteiger charge is -2.16. The van der Waals surface area contributed by atoms with Crippen molar-refractivity contribution in [1.29, 1.82) is 0 Å². The number of hydroxylamine groups is 1. The van der Waals surface area contributed by atoms with Gasteiger partial charge in [0.2, 0.25) is 11.9 Å². The van der Waals surface area contributed by atoms with E-state index in [1.807, 2.05) is 17.6 Å². The summed E-state index contributed by atoms with van der Waals surface area (Å²) in [6.45, 7) is 0.668. The van der Waals surface area contributed by atoms with Crippen molar-refractivity contribution in [2.75, 3.05) is 6.79 Å². The van der Waals surface area contributed by atoms with Crippen LogP contribution in [0.25, 0.3) is 11.3 Å². The van der Waals surface area contributed by atoms with Crippen LogP contribution in [0.1, 0.15) is 4.88 Å². The first-order valence-corrected chi connectivity index (χ1v) is 6.65. The number of nitrogens with zero attached hydrogens (tertiary/aromatic N) is 2. The summed E-state index contributed by atoms with van der Waals surface area (Å²) in [6, 6.07) is 3.69. The molecule has 1 aromatic carbocycles. The molecule has 0 aliphatic carbocycles. The van der Waals surface area contributed by atoms with Gasteiger partial charge in [-0.15, -0.1) is 0 Å². The number of aliphatic imine (C=N–C) groups is 1. The highest BCUT2D eigenvalue weighted by Gasteiger charge is 2.26. The Hall–Kier alpha value is -2.32. The maximum Gasteiger partial charge on any atom is 0.231 e. The number of fused-ring (bicyclic) bond motifs is 4. The van der Waals surface area contributed by atoms with Crippen LogP contribution in [0.3, 0.4) is 0 Å². The maximum atomic E-state index is 8.52. The standard InChI is InChI=1S/C12H9N3O4S/c16-14-4-13-12-15-11-6-1-8-9(19-5-18-8)2-7(6)17-3-10(11)20-12/h1-2,4,16H,3,5H2,(H,13,14,15). The molecule has 0 saturated carbocycles. The summed E-state index contributed by atoms with van der Waals surface area (Å²) in [6.07, 6.45) is 1.17. The molecule has 0 spiro atoms. The van der Waals surface area contributed by atoms with Crippen LogP contribution in [-0.2, 0) is 6.61 Å². The van der Waals surface area contributed by atoms with Crippen LogP contribution in [0.5, 0.6) is 17.2 Å². The van der Waals surface area contributed by atoms with E-state index >= 15 is 0 Å². The highest BCUT2D eigenvalue weighted by atomic mass is 32.1. The van der Waals surface area contributed by atoms with Crippen LogP contribution < -0.4 is 19.7 Å². The van der Waals surface area contributed by atoms with Crippen LogP contribution in [-0.4, -0.2) is 23.3 Å². The Morgan fingerprint density at radius 2 is 2.10 bits per heavy atom. The van der Waals surface area contributed by atoms with Gasteiger partial charge in [0.1, 0.15) is 18.7 Å². The Morgan fingerprint density at radius 3 is 2.95 bits per heavy atom. The molecule has 2 aliphatic rings. The molecule has 102 valence electrons. The van der Waals surface area contributed by atoms with Crippen molar-refractivity contribution in [3.05, 3.63) is 17.0 Å². The van der Waals surface area contributed by atoms with Gasteiger partial charge in [-0.05, 0) is 6.07 Å². The van der Waals surface area contributed by atoms with E-state index in [0.717, 1.165) is 21.9 Å². The van der Waals surface area contributed by atoms with Gasteiger partial charge < -0.3 is 14.2 Å². The Kier molecular flexibility index (Phi) is 2.51. The number of rotatable bonds is 2. The third-order valence-electron chi connectivity index (χ3n) is 3.01. The highest BCUT2D eigenvalue weighted by Crippen LogP contribution is 2.47. The van der Waals surface area contributed by atoms with Crippen molar-refractivity contribution >= 4 is 22.8 Å². The van der Waals surface area contributed by atoms with Crippen LogP contribution in [0.4, 0.5) is 5.13 Å². The average Bonchev–Trinajstić information content (AvgIpc) is 3.08. The number of aromatic nitrogens is 1. The van der Waals surface area contributed by atoms with Gasteiger partial charge in [-0.25, -0.2) is 9.98 Å². The topological polar surface area (TPSA) is 85.2 Å². The minimum absolute atomic E-state index is 0.222. The number of hydrogen-bond donors (Lipinski definition) is 2. The quantitative estimate of drug-likeness (QED) is 0.500. The monoisotopic (exact) mass is 291 g/mol. The molecule has 0 bridgehead atoms. The Bertz CT molecular complexity index is 713. The zero-order valence-corrected chi connectivity index (χ0v) is 10.9. The van der Waals surface area contributed by atoms with E-state index in [-0.39, 0.29) is 6.79 Å². The maximum absolute atomic E-state index is 8.52. The molecule has 2 aliphatic heterocycles. The van der Waals surface area contributed by atoms with E-state index in [2.05, 4.69) is 9.98 Å². The van der Waals surface area contributed by atoms with Crippen LogP contribution in [0, 0.1) is 0 Å². The third kappa shape index (κ3) is 1.69. The summed E-state index contributed by atoms with van der Waals surface area (Å²) < 4.78 is 16.4. The zero-order chi connectivity index (χ0) is 13.5. The highest BCUT2D eigenvalue weighted by molar-refractivity contribution is 7.15. The summed E-state index contributed by atoms with van der Waals surface area (Å²) in [5.74, 6) is 2.10. The van der Waals surface area contributed by atoms with Gasteiger partial charge in [-0.1, -0.05) is 11.3 Å². The van der Waals surface area contributed by atoms with E-state index in [1.165, 1.54) is 17.7 Å². The van der Waals surface area contributed by atoms with E-state index < -0.39 is 0 Å². The van der Waals surface area contributed by atoms with Gasteiger partial charge in [0, 0.05) is 11.6 Å². The average molecular weight is 291 g/mol. The largest absolute Gasteiger partial charge is 0.487 e. The van der Waals surface area contributed by atoms with E-state index in [0.29, 0.717) is 23.2 Å². The van der Waals surface area contributed by atoms with Crippen LogP contribution >= 0.6 is 11.3 Å². The molecule has 0 atom stereocenters. The van der Waals surface area contributed by atoms with E-state index in [9.17, 15) is 0 Å². The molecule has 0 saturated heterocycles. The minimum atomic E-state index is 0.222. The molecule has 1 aromatic heterocycles. The normalized spacial score (nSPS) is 14.8.